The van der Waals surface area contributed by atoms with E-state index in [-0.39, 0.29) is 18.2 Å². The number of rotatable bonds is 4. The molecule has 0 unspecified atom stereocenters. The summed E-state index contributed by atoms with van der Waals surface area (Å²) in [5, 5.41) is 4.02. The lowest BCUT2D eigenvalue weighted by Crippen LogP contribution is -2.16. The van der Waals surface area contributed by atoms with Gasteiger partial charge in [0.1, 0.15) is 18.1 Å². The highest BCUT2D eigenvalue weighted by Gasteiger charge is 2.15. The van der Waals surface area contributed by atoms with Crippen LogP contribution in [0.15, 0.2) is 50.0 Å². The summed E-state index contributed by atoms with van der Waals surface area (Å²) in [5.41, 5.74) is 0.469. The van der Waals surface area contributed by atoms with E-state index >= 15 is 0 Å². The van der Waals surface area contributed by atoms with Crippen LogP contribution >= 0.6 is 0 Å². The highest BCUT2D eigenvalue weighted by Crippen LogP contribution is 2.16. The SMILES string of the molecule is COC(=O)c1ccc(Cn2nc(-c3ccc(F)cc3)oc2=O)o1. The van der Waals surface area contributed by atoms with Gasteiger partial charge in [0.25, 0.3) is 0 Å². The van der Waals surface area contributed by atoms with Crippen LogP contribution in [0.1, 0.15) is 16.3 Å². The highest BCUT2D eigenvalue weighted by atomic mass is 19.1. The molecule has 0 saturated heterocycles. The molecule has 0 fully saturated rings. The standard InChI is InChI=1S/C15H11FN2O5/c1-21-14(19)12-7-6-11(22-12)8-18-15(20)23-13(17-18)9-2-4-10(16)5-3-9/h2-7H,8H2,1H3. The first-order chi connectivity index (χ1) is 11.1. The van der Waals surface area contributed by atoms with Gasteiger partial charge < -0.3 is 13.6 Å². The molecule has 0 amide bonds. The molecule has 7 nitrogen and oxygen atoms in total. The first kappa shape index (κ1) is 14.8. The Morgan fingerprint density at radius 3 is 2.65 bits per heavy atom. The second-order valence-electron chi connectivity index (χ2n) is 4.60. The lowest BCUT2D eigenvalue weighted by atomic mass is 10.2. The number of aromatic nitrogens is 2. The van der Waals surface area contributed by atoms with Crippen molar-refractivity contribution >= 4 is 5.97 Å². The Hall–Kier alpha value is -3.16. The molecule has 0 N–H and O–H groups in total. The van der Waals surface area contributed by atoms with Crippen molar-refractivity contribution in [3.05, 3.63) is 64.3 Å². The minimum Gasteiger partial charge on any atom is -0.463 e. The Balaban J connectivity index is 1.84. The predicted molar refractivity (Wildman–Crippen MR) is 75.3 cm³/mol. The lowest BCUT2D eigenvalue weighted by Gasteiger charge is -1.96. The molecule has 3 aromatic rings. The number of carbonyl (C=O) groups is 1. The van der Waals surface area contributed by atoms with Gasteiger partial charge in [0, 0.05) is 5.56 Å². The van der Waals surface area contributed by atoms with Crippen LogP contribution in [-0.2, 0) is 11.3 Å². The summed E-state index contributed by atoms with van der Waals surface area (Å²) in [6.07, 6.45) is 0. The zero-order valence-electron chi connectivity index (χ0n) is 12.0. The van der Waals surface area contributed by atoms with E-state index in [0.717, 1.165) is 4.68 Å². The molecule has 0 saturated carbocycles. The first-order valence-corrected chi connectivity index (χ1v) is 6.58. The minimum absolute atomic E-state index is 0.0134. The van der Waals surface area contributed by atoms with Gasteiger partial charge in [-0.15, -0.1) is 5.10 Å². The zero-order chi connectivity index (χ0) is 16.4. The zero-order valence-corrected chi connectivity index (χ0v) is 12.0. The van der Waals surface area contributed by atoms with Gasteiger partial charge in [-0.25, -0.2) is 14.0 Å². The van der Waals surface area contributed by atoms with Crippen LogP contribution in [-0.4, -0.2) is 22.9 Å². The number of benzene rings is 1. The van der Waals surface area contributed by atoms with E-state index in [4.69, 9.17) is 8.83 Å². The molecule has 0 bridgehead atoms. The number of esters is 1. The van der Waals surface area contributed by atoms with Crippen molar-refractivity contribution in [3.8, 4) is 11.5 Å². The lowest BCUT2D eigenvalue weighted by molar-refractivity contribution is 0.0562. The molecule has 0 radical (unpaired) electrons. The Morgan fingerprint density at radius 1 is 1.22 bits per heavy atom. The van der Waals surface area contributed by atoms with Crippen molar-refractivity contribution in [1.82, 2.24) is 9.78 Å². The van der Waals surface area contributed by atoms with Gasteiger partial charge in [-0.2, -0.15) is 4.68 Å². The quantitative estimate of drug-likeness (QED) is 0.684. The maximum absolute atomic E-state index is 12.9. The largest absolute Gasteiger partial charge is 0.463 e. The summed E-state index contributed by atoms with van der Waals surface area (Å²) < 4.78 is 28.8. The average Bonchev–Trinajstić information content (AvgIpc) is 3.15. The van der Waals surface area contributed by atoms with Crippen LogP contribution in [0.2, 0.25) is 0 Å². The molecule has 0 aliphatic heterocycles. The van der Waals surface area contributed by atoms with E-state index in [1.165, 1.54) is 43.5 Å². The van der Waals surface area contributed by atoms with Crippen LogP contribution in [0.3, 0.4) is 0 Å². The molecule has 3 rings (SSSR count). The van der Waals surface area contributed by atoms with Gasteiger partial charge in [-0.3, -0.25) is 0 Å². The topological polar surface area (TPSA) is 87.5 Å². The van der Waals surface area contributed by atoms with Crippen LogP contribution in [0.25, 0.3) is 11.5 Å². The second-order valence-corrected chi connectivity index (χ2v) is 4.60. The number of carbonyl (C=O) groups excluding carboxylic acids is 1. The molecule has 0 aliphatic rings. The fraction of sp³-hybridized carbons (Fsp3) is 0.133. The van der Waals surface area contributed by atoms with Crippen LogP contribution < -0.4 is 5.76 Å². The molecular formula is C15H11FN2O5. The summed E-state index contributed by atoms with van der Waals surface area (Å²) in [6.45, 7) is -0.0134. The third-order valence-electron chi connectivity index (χ3n) is 3.05. The summed E-state index contributed by atoms with van der Waals surface area (Å²) in [5.74, 6) is -1.28. The monoisotopic (exact) mass is 318 g/mol. The van der Waals surface area contributed by atoms with Crippen molar-refractivity contribution in [3.63, 3.8) is 0 Å². The van der Waals surface area contributed by atoms with Crippen LogP contribution in [0, 0.1) is 5.82 Å². The number of furan rings is 1. The van der Waals surface area contributed by atoms with Crippen molar-refractivity contribution in [1.29, 1.82) is 0 Å². The van der Waals surface area contributed by atoms with Gasteiger partial charge >= 0.3 is 11.7 Å². The first-order valence-electron chi connectivity index (χ1n) is 6.58. The average molecular weight is 318 g/mol. The normalized spacial score (nSPS) is 10.7. The van der Waals surface area contributed by atoms with Gasteiger partial charge in [-0.1, -0.05) is 0 Å². The van der Waals surface area contributed by atoms with Crippen molar-refractivity contribution in [2.45, 2.75) is 6.54 Å². The maximum atomic E-state index is 12.9. The van der Waals surface area contributed by atoms with Crippen molar-refractivity contribution in [2.75, 3.05) is 7.11 Å². The van der Waals surface area contributed by atoms with Crippen LogP contribution in [0.5, 0.6) is 0 Å². The van der Waals surface area contributed by atoms with Crippen LogP contribution in [0.4, 0.5) is 4.39 Å². The molecular weight excluding hydrogens is 307 g/mol. The molecule has 118 valence electrons. The third-order valence-corrected chi connectivity index (χ3v) is 3.05. The summed E-state index contributed by atoms with van der Waals surface area (Å²) in [4.78, 5) is 23.1. The number of methoxy groups -OCH3 is 1. The fourth-order valence-corrected chi connectivity index (χ4v) is 1.94. The molecule has 2 aromatic heterocycles. The Labute approximate surface area is 128 Å². The number of nitrogens with zero attached hydrogens (tertiary/aromatic N) is 2. The maximum Gasteiger partial charge on any atom is 0.437 e. The third kappa shape index (κ3) is 3.05. The summed E-state index contributed by atoms with van der Waals surface area (Å²) >= 11 is 0. The molecule has 0 atom stereocenters. The van der Waals surface area contributed by atoms with E-state index in [1.807, 2.05) is 0 Å². The van der Waals surface area contributed by atoms with Crippen molar-refractivity contribution in [2.24, 2.45) is 0 Å². The second kappa shape index (κ2) is 5.91. The molecule has 0 aliphatic carbocycles. The molecule has 23 heavy (non-hydrogen) atoms. The molecule has 1 aromatic carbocycles. The van der Waals surface area contributed by atoms with E-state index in [0.29, 0.717) is 11.3 Å². The molecule has 2 heterocycles. The summed E-state index contributed by atoms with van der Waals surface area (Å²) in [7, 11) is 1.24. The number of ether oxygens (including phenoxy) is 1. The number of hydrogen-bond donors (Lipinski definition) is 0. The Bertz CT molecular complexity index is 891. The van der Waals surface area contributed by atoms with E-state index in [2.05, 4.69) is 9.84 Å². The van der Waals surface area contributed by atoms with E-state index in [1.54, 1.807) is 0 Å². The summed E-state index contributed by atoms with van der Waals surface area (Å²) in [6, 6.07) is 8.35. The fourth-order valence-electron chi connectivity index (χ4n) is 1.94. The van der Waals surface area contributed by atoms with E-state index < -0.39 is 17.5 Å². The van der Waals surface area contributed by atoms with Gasteiger partial charge in [0.2, 0.25) is 11.7 Å². The van der Waals surface area contributed by atoms with Gasteiger partial charge in [0.05, 0.1) is 7.11 Å². The highest BCUT2D eigenvalue weighted by molar-refractivity contribution is 5.86. The minimum atomic E-state index is -0.694. The van der Waals surface area contributed by atoms with Gasteiger partial charge in [0.15, 0.2) is 0 Å². The van der Waals surface area contributed by atoms with Gasteiger partial charge in [-0.05, 0) is 36.4 Å². The van der Waals surface area contributed by atoms with E-state index in [9.17, 15) is 14.0 Å². The molecule has 0 spiro atoms. The number of halogens is 1. The number of hydrogen-bond acceptors (Lipinski definition) is 6. The molecule has 8 heteroatoms. The Morgan fingerprint density at radius 2 is 1.96 bits per heavy atom. The predicted octanol–water partition coefficient (Wildman–Crippen LogP) is 2.07. The smallest absolute Gasteiger partial charge is 0.437 e. The Kier molecular flexibility index (Phi) is 3.80. The van der Waals surface area contributed by atoms with Crippen molar-refractivity contribution < 1.29 is 22.8 Å².